The molecule has 0 heterocycles. The van der Waals surface area contributed by atoms with Crippen molar-refractivity contribution in [3.05, 3.63) is 53.1 Å². The molecule has 0 aliphatic heterocycles. The topological polar surface area (TPSA) is 55.1 Å². The summed E-state index contributed by atoms with van der Waals surface area (Å²) in [4.78, 5) is 12.7. The van der Waals surface area contributed by atoms with Gasteiger partial charge in [0.15, 0.2) is 5.78 Å². The van der Waals surface area contributed by atoms with Crippen LogP contribution in [0.5, 0.6) is 0 Å². The van der Waals surface area contributed by atoms with E-state index in [0.717, 1.165) is 54.3 Å². The highest BCUT2D eigenvalue weighted by molar-refractivity contribution is 6.22. The molecule has 0 unspecified atom stereocenters. The Hall–Kier alpha value is -1.97. The lowest BCUT2D eigenvalue weighted by Gasteiger charge is -2.17. The minimum atomic E-state index is 0.194. The fraction of sp³-hybridized carbons (Fsp3) is 0.316. The number of allylic oxidation sites excluding steroid dienone is 1. The summed E-state index contributed by atoms with van der Waals surface area (Å²) in [6.07, 6.45) is 5.00. The molecule has 0 aromatic heterocycles. The maximum atomic E-state index is 12.7. The zero-order valence-electron chi connectivity index (χ0n) is 12.8. The molecule has 0 spiro atoms. The maximum absolute atomic E-state index is 12.7. The van der Waals surface area contributed by atoms with E-state index in [-0.39, 0.29) is 5.78 Å². The van der Waals surface area contributed by atoms with E-state index < -0.39 is 0 Å². The van der Waals surface area contributed by atoms with Gasteiger partial charge in [-0.25, -0.2) is 0 Å². The van der Waals surface area contributed by atoms with Gasteiger partial charge in [0, 0.05) is 29.6 Å². The molecule has 22 heavy (non-hydrogen) atoms. The van der Waals surface area contributed by atoms with Gasteiger partial charge in [-0.05, 0) is 42.8 Å². The monoisotopic (exact) mass is 294 g/mol. The minimum Gasteiger partial charge on any atom is -0.329 e. The molecule has 2 aromatic rings. The highest BCUT2D eigenvalue weighted by atomic mass is 16.1. The lowest BCUT2D eigenvalue weighted by molar-refractivity contribution is 0.103. The number of unbranched alkanes of at least 4 members (excludes halogenated alkanes) is 1. The smallest absolute Gasteiger partial charge is 0.189 e. The SMILES string of the molecule is NCCNCCCCC1=Cc2cccc3cccc(c23)C1=O. The first-order valence-electron chi connectivity index (χ1n) is 7.99. The highest BCUT2D eigenvalue weighted by Crippen LogP contribution is 2.32. The van der Waals surface area contributed by atoms with Gasteiger partial charge in [-0.1, -0.05) is 36.4 Å². The van der Waals surface area contributed by atoms with Gasteiger partial charge in [0.2, 0.25) is 0 Å². The van der Waals surface area contributed by atoms with Crippen LogP contribution in [0.4, 0.5) is 0 Å². The molecule has 0 amide bonds. The summed E-state index contributed by atoms with van der Waals surface area (Å²) >= 11 is 0. The number of rotatable bonds is 7. The number of nitrogens with two attached hydrogens (primary N) is 1. The lowest BCUT2D eigenvalue weighted by Crippen LogP contribution is -2.23. The Morgan fingerprint density at radius 3 is 2.64 bits per heavy atom. The quantitative estimate of drug-likeness (QED) is 0.771. The van der Waals surface area contributed by atoms with Gasteiger partial charge in [0.1, 0.15) is 0 Å². The number of ketones is 1. The first-order valence-corrected chi connectivity index (χ1v) is 7.99. The Labute approximate surface area is 131 Å². The third-order valence-corrected chi connectivity index (χ3v) is 4.17. The molecular weight excluding hydrogens is 272 g/mol. The lowest BCUT2D eigenvalue weighted by atomic mass is 9.86. The van der Waals surface area contributed by atoms with E-state index in [0.29, 0.717) is 6.54 Å². The van der Waals surface area contributed by atoms with E-state index in [1.807, 2.05) is 12.1 Å². The summed E-state index contributed by atoms with van der Waals surface area (Å²) in [6.45, 7) is 2.49. The van der Waals surface area contributed by atoms with Crippen LogP contribution < -0.4 is 11.1 Å². The van der Waals surface area contributed by atoms with Crippen LogP contribution in [-0.4, -0.2) is 25.4 Å². The number of nitrogens with one attached hydrogen (secondary N) is 1. The van der Waals surface area contributed by atoms with Gasteiger partial charge in [-0.2, -0.15) is 0 Å². The molecule has 1 aliphatic carbocycles. The van der Waals surface area contributed by atoms with E-state index in [1.54, 1.807) is 0 Å². The zero-order valence-corrected chi connectivity index (χ0v) is 12.8. The van der Waals surface area contributed by atoms with Crippen molar-refractivity contribution >= 4 is 22.6 Å². The summed E-state index contributed by atoms with van der Waals surface area (Å²) in [7, 11) is 0. The maximum Gasteiger partial charge on any atom is 0.189 e. The van der Waals surface area contributed by atoms with Crippen LogP contribution in [0.15, 0.2) is 42.0 Å². The second kappa shape index (κ2) is 6.86. The number of carbonyl (C=O) groups is 1. The number of hydrogen-bond donors (Lipinski definition) is 2. The summed E-state index contributed by atoms with van der Waals surface area (Å²) in [5.74, 6) is 0.194. The molecule has 0 saturated carbocycles. The molecule has 3 nitrogen and oxygen atoms in total. The fourth-order valence-corrected chi connectivity index (χ4v) is 3.08. The number of hydrogen-bond acceptors (Lipinski definition) is 3. The molecule has 0 saturated heterocycles. The minimum absolute atomic E-state index is 0.194. The second-order valence-corrected chi connectivity index (χ2v) is 5.75. The Morgan fingerprint density at radius 2 is 1.82 bits per heavy atom. The van der Waals surface area contributed by atoms with E-state index in [1.165, 1.54) is 5.56 Å². The van der Waals surface area contributed by atoms with Gasteiger partial charge in [-0.15, -0.1) is 0 Å². The Kier molecular flexibility index (Phi) is 4.66. The largest absolute Gasteiger partial charge is 0.329 e. The van der Waals surface area contributed by atoms with Gasteiger partial charge in [0.25, 0.3) is 0 Å². The van der Waals surface area contributed by atoms with Crippen LogP contribution in [0.1, 0.15) is 35.2 Å². The van der Waals surface area contributed by atoms with Crippen molar-refractivity contribution < 1.29 is 4.79 Å². The van der Waals surface area contributed by atoms with Crippen molar-refractivity contribution in [3.63, 3.8) is 0 Å². The van der Waals surface area contributed by atoms with E-state index in [4.69, 9.17) is 5.73 Å². The van der Waals surface area contributed by atoms with Gasteiger partial charge < -0.3 is 11.1 Å². The van der Waals surface area contributed by atoms with Crippen molar-refractivity contribution in [3.8, 4) is 0 Å². The predicted octanol–water partition coefficient (Wildman–Crippen LogP) is 3.14. The molecule has 0 atom stereocenters. The summed E-state index contributed by atoms with van der Waals surface area (Å²) in [5, 5.41) is 5.53. The average molecular weight is 294 g/mol. The van der Waals surface area contributed by atoms with Crippen LogP contribution in [0.3, 0.4) is 0 Å². The second-order valence-electron chi connectivity index (χ2n) is 5.75. The molecule has 3 heteroatoms. The first-order chi connectivity index (χ1) is 10.8. The van der Waals surface area contributed by atoms with Crippen LogP contribution in [0, 0.1) is 0 Å². The van der Waals surface area contributed by atoms with Crippen molar-refractivity contribution in [2.75, 3.05) is 19.6 Å². The van der Waals surface area contributed by atoms with E-state index >= 15 is 0 Å². The van der Waals surface area contributed by atoms with Crippen LogP contribution in [0.2, 0.25) is 0 Å². The van der Waals surface area contributed by atoms with Crippen LogP contribution in [-0.2, 0) is 0 Å². The molecular formula is C19H22N2O. The third kappa shape index (κ3) is 2.96. The van der Waals surface area contributed by atoms with Gasteiger partial charge in [-0.3, -0.25) is 4.79 Å². The summed E-state index contributed by atoms with van der Waals surface area (Å²) < 4.78 is 0. The van der Waals surface area contributed by atoms with Crippen LogP contribution >= 0.6 is 0 Å². The molecule has 0 fully saturated rings. The Morgan fingerprint density at radius 1 is 1.00 bits per heavy atom. The van der Waals surface area contributed by atoms with Crippen molar-refractivity contribution in [1.82, 2.24) is 5.32 Å². The standard InChI is InChI=1S/C19H22N2O/c20-10-12-21-11-2-1-5-16-13-15-8-3-6-14-7-4-9-17(18(14)15)19(16)22/h3-4,6-9,13,21H,1-2,5,10-12,20H2. The zero-order chi connectivity index (χ0) is 15.4. The highest BCUT2D eigenvalue weighted by Gasteiger charge is 2.20. The van der Waals surface area contributed by atoms with Crippen molar-refractivity contribution in [2.45, 2.75) is 19.3 Å². The summed E-state index contributed by atoms with van der Waals surface area (Å²) in [5.41, 5.74) is 8.40. The van der Waals surface area contributed by atoms with Gasteiger partial charge in [0.05, 0.1) is 0 Å². The normalized spacial score (nSPS) is 13.5. The van der Waals surface area contributed by atoms with E-state index in [2.05, 4.69) is 35.7 Å². The number of Topliss-reactive ketones (excluding diaryl/α,β-unsaturated/α-hetero) is 1. The molecule has 1 aliphatic rings. The molecule has 3 N–H and O–H groups in total. The first kappa shape index (κ1) is 14.9. The predicted molar refractivity (Wildman–Crippen MR) is 92.0 cm³/mol. The van der Waals surface area contributed by atoms with Crippen molar-refractivity contribution in [1.29, 1.82) is 0 Å². The van der Waals surface area contributed by atoms with Gasteiger partial charge >= 0.3 is 0 Å². The third-order valence-electron chi connectivity index (χ3n) is 4.17. The molecule has 2 aromatic carbocycles. The molecule has 0 radical (unpaired) electrons. The molecule has 0 bridgehead atoms. The molecule has 3 rings (SSSR count). The van der Waals surface area contributed by atoms with E-state index in [9.17, 15) is 4.79 Å². The van der Waals surface area contributed by atoms with Crippen molar-refractivity contribution in [2.24, 2.45) is 5.73 Å². The fourth-order valence-electron chi connectivity index (χ4n) is 3.08. The molecule has 114 valence electrons. The van der Waals surface area contributed by atoms with Crippen LogP contribution in [0.25, 0.3) is 16.8 Å². The Balaban J connectivity index is 1.73. The average Bonchev–Trinajstić information content (AvgIpc) is 2.55. The number of carbonyl (C=O) groups excluding carboxylic acids is 1. The Bertz CT molecular complexity index is 713. The number of benzene rings is 2. The summed E-state index contributed by atoms with van der Waals surface area (Å²) in [6, 6.07) is 12.2.